The summed E-state index contributed by atoms with van der Waals surface area (Å²) in [6, 6.07) is 8.05. The fourth-order valence-corrected chi connectivity index (χ4v) is 3.08. The van der Waals surface area contributed by atoms with Crippen molar-refractivity contribution in [3.8, 4) is 0 Å². The third-order valence-corrected chi connectivity index (χ3v) is 3.96. The normalized spacial score (nSPS) is 27.1. The summed E-state index contributed by atoms with van der Waals surface area (Å²) in [5.74, 6) is 0. The molecule has 3 nitrogen and oxygen atoms in total. The largest absolute Gasteiger partial charge is 0.348 e. The molecule has 1 aromatic rings. The average molecular weight is 298 g/mol. The van der Waals surface area contributed by atoms with E-state index in [4.69, 9.17) is 11.6 Å². The van der Waals surface area contributed by atoms with Crippen LogP contribution in [0.5, 0.6) is 0 Å². The minimum absolute atomic E-state index is 0.0626. The molecule has 0 amide bonds. The molecule has 0 aliphatic carbocycles. The van der Waals surface area contributed by atoms with Crippen molar-refractivity contribution in [3.63, 3.8) is 0 Å². The van der Waals surface area contributed by atoms with Crippen molar-refractivity contribution in [2.24, 2.45) is 9.98 Å². The first kappa shape index (κ1) is 13.8. The number of aliphatic imine (C=N–C) groups is 2. The fourth-order valence-electron chi connectivity index (χ4n) is 2.80. The molecule has 1 N–H and O–H groups in total. The van der Waals surface area contributed by atoms with Crippen LogP contribution in [0.3, 0.4) is 0 Å². The maximum absolute atomic E-state index is 6.16. The maximum atomic E-state index is 6.16. The van der Waals surface area contributed by atoms with Crippen molar-refractivity contribution >= 4 is 28.8 Å². The van der Waals surface area contributed by atoms with E-state index < -0.39 is 0 Å². The summed E-state index contributed by atoms with van der Waals surface area (Å²) in [5.41, 5.74) is 1.76. The maximum Gasteiger partial charge on any atom is 0.192 e. The van der Waals surface area contributed by atoms with Gasteiger partial charge >= 0.3 is 0 Å². The summed E-state index contributed by atoms with van der Waals surface area (Å²) in [6.45, 7) is 3.66. The van der Waals surface area contributed by atoms with E-state index >= 15 is 0 Å². The number of fused-ring (bicyclic) bond motifs is 2. The molecule has 0 bridgehead atoms. The molecule has 1 unspecified atom stereocenters. The van der Waals surface area contributed by atoms with Crippen molar-refractivity contribution in [2.75, 3.05) is 0 Å². The van der Waals surface area contributed by atoms with Crippen molar-refractivity contribution in [1.29, 1.82) is 0 Å². The van der Waals surface area contributed by atoms with Crippen LogP contribution in [-0.2, 0) is 5.54 Å². The molecule has 0 radical (unpaired) electrons. The molecule has 1 aromatic carbocycles. The number of para-hydroxylation sites is 1. The lowest BCUT2D eigenvalue weighted by molar-refractivity contribution is 0.397. The summed E-state index contributed by atoms with van der Waals surface area (Å²) in [7, 11) is 0. The Morgan fingerprint density at radius 3 is 3.00 bits per heavy atom. The number of halogens is 1. The van der Waals surface area contributed by atoms with E-state index in [9.17, 15) is 0 Å². The third-order valence-electron chi connectivity index (χ3n) is 3.76. The molecule has 2 aliphatic heterocycles. The SMILES string of the molecule is C=C/C=C\C=C/C1N=C(Cl)N[C@]12CC=Nc1ccccc12. The molecule has 0 aromatic heterocycles. The summed E-state index contributed by atoms with van der Waals surface area (Å²) in [5, 5.41) is 3.79. The van der Waals surface area contributed by atoms with Crippen LogP contribution >= 0.6 is 11.6 Å². The lowest BCUT2D eigenvalue weighted by Crippen LogP contribution is -2.47. The Labute approximate surface area is 129 Å². The van der Waals surface area contributed by atoms with Crippen LogP contribution in [0.1, 0.15) is 12.0 Å². The molecule has 3 rings (SSSR count). The van der Waals surface area contributed by atoms with Crippen LogP contribution < -0.4 is 5.32 Å². The minimum Gasteiger partial charge on any atom is -0.348 e. The van der Waals surface area contributed by atoms with E-state index in [0.717, 1.165) is 17.7 Å². The smallest absolute Gasteiger partial charge is 0.192 e. The van der Waals surface area contributed by atoms with Gasteiger partial charge in [0.05, 0.1) is 17.3 Å². The van der Waals surface area contributed by atoms with Gasteiger partial charge in [-0.1, -0.05) is 55.2 Å². The minimum atomic E-state index is -0.339. The molecule has 0 saturated carbocycles. The van der Waals surface area contributed by atoms with Crippen LogP contribution in [0.15, 0.2) is 71.2 Å². The topological polar surface area (TPSA) is 36.8 Å². The molecule has 0 fully saturated rings. The van der Waals surface area contributed by atoms with Crippen molar-refractivity contribution in [3.05, 3.63) is 66.8 Å². The van der Waals surface area contributed by atoms with Gasteiger partial charge in [-0.2, -0.15) is 0 Å². The van der Waals surface area contributed by atoms with E-state index in [0.29, 0.717) is 5.29 Å². The summed E-state index contributed by atoms with van der Waals surface area (Å²) in [6.07, 6.45) is 12.3. The van der Waals surface area contributed by atoms with Gasteiger partial charge in [-0.3, -0.25) is 4.99 Å². The number of allylic oxidation sites excluding steroid dienone is 4. The van der Waals surface area contributed by atoms with Gasteiger partial charge in [-0.15, -0.1) is 0 Å². The number of nitrogens with zero attached hydrogens (tertiary/aromatic N) is 2. The molecule has 21 heavy (non-hydrogen) atoms. The van der Waals surface area contributed by atoms with E-state index in [1.54, 1.807) is 6.08 Å². The Morgan fingerprint density at radius 2 is 2.14 bits per heavy atom. The van der Waals surface area contributed by atoms with Crippen LogP contribution in [0.4, 0.5) is 5.69 Å². The van der Waals surface area contributed by atoms with Crippen LogP contribution in [0, 0.1) is 0 Å². The second kappa shape index (κ2) is 5.70. The fraction of sp³-hybridized carbons (Fsp3) is 0.176. The second-order valence-electron chi connectivity index (χ2n) is 5.00. The molecule has 1 spiro atoms. The van der Waals surface area contributed by atoms with E-state index in [1.165, 1.54) is 0 Å². The van der Waals surface area contributed by atoms with E-state index in [1.807, 2.05) is 42.6 Å². The highest BCUT2D eigenvalue weighted by Gasteiger charge is 2.46. The zero-order chi connectivity index (χ0) is 14.7. The number of amidine groups is 1. The monoisotopic (exact) mass is 297 g/mol. The Kier molecular flexibility index (Phi) is 3.76. The Morgan fingerprint density at radius 1 is 1.29 bits per heavy atom. The van der Waals surface area contributed by atoms with Gasteiger partial charge in [0.25, 0.3) is 0 Å². The summed E-state index contributed by atoms with van der Waals surface area (Å²) >= 11 is 6.16. The lowest BCUT2D eigenvalue weighted by Gasteiger charge is -2.36. The summed E-state index contributed by atoms with van der Waals surface area (Å²) < 4.78 is 0. The predicted molar refractivity (Wildman–Crippen MR) is 89.6 cm³/mol. The summed E-state index contributed by atoms with van der Waals surface area (Å²) in [4.78, 5) is 9.00. The van der Waals surface area contributed by atoms with Crippen molar-refractivity contribution in [2.45, 2.75) is 18.0 Å². The van der Waals surface area contributed by atoms with E-state index in [-0.39, 0.29) is 11.6 Å². The van der Waals surface area contributed by atoms with E-state index in [2.05, 4.69) is 34.0 Å². The number of hydrogen-bond donors (Lipinski definition) is 1. The number of benzene rings is 1. The Balaban J connectivity index is 2.00. The first-order valence-corrected chi connectivity index (χ1v) is 7.23. The predicted octanol–water partition coefficient (Wildman–Crippen LogP) is 3.85. The van der Waals surface area contributed by atoms with Crippen LogP contribution in [0.25, 0.3) is 0 Å². The van der Waals surface area contributed by atoms with Gasteiger partial charge in [-0.05, 0) is 17.7 Å². The van der Waals surface area contributed by atoms with Gasteiger partial charge in [0.2, 0.25) is 0 Å². The third kappa shape index (κ3) is 2.45. The van der Waals surface area contributed by atoms with Crippen molar-refractivity contribution < 1.29 is 0 Å². The molecular formula is C17H16ClN3. The molecule has 2 aliphatic rings. The number of rotatable bonds is 3. The lowest BCUT2D eigenvalue weighted by atomic mass is 9.79. The first-order valence-electron chi connectivity index (χ1n) is 6.86. The van der Waals surface area contributed by atoms with Gasteiger partial charge in [-0.25, -0.2) is 4.99 Å². The first-order chi connectivity index (χ1) is 10.3. The average Bonchev–Trinajstić information content (AvgIpc) is 2.81. The highest BCUT2D eigenvalue weighted by atomic mass is 35.5. The molecule has 2 heterocycles. The zero-order valence-electron chi connectivity index (χ0n) is 11.5. The van der Waals surface area contributed by atoms with Gasteiger partial charge in [0, 0.05) is 18.2 Å². The number of hydrogen-bond acceptors (Lipinski definition) is 3. The van der Waals surface area contributed by atoms with Gasteiger partial charge in [0.1, 0.15) is 0 Å². The highest BCUT2D eigenvalue weighted by Crippen LogP contribution is 2.42. The second-order valence-corrected chi connectivity index (χ2v) is 5.36. The quantitative estimate of drug-likeness (QED) is 0.667. The molecule has 106 valence electrons. The van der Waals surface area contributed by atoms with Gasteiger partial charge in [0.15, 0.2) is 5.29 Å². The molecular weight excluding hydrogens is 282 g/mol. The standard InChI is InChI=1S/C17H16ClN3/c1-2-3-4-5-10-15-17(21-16(18)20-15)11-12-19-14-9-7-6-8-13(14)17/h2-10,12,15H,1,11H2,(H,20,21)/b4-3-,10-5-/t15?,17-/m0/s1. The molecule has 0 saturated heterocycles. The highest BCUT2D eigenvalue weighted by molar-refractivity contribution is 6.65. The number of nitrogens with one attached hydrogen (secondary N) is 1. The Bertz CT molecular complexity index is 672. The molecule has 2 atom stereocenters. The van der Waals surface area contributed by atoms with Crippen LogP contribution in [-0.4, -0.2) is 17.6 Å². The zero-order valence-corrected chi connectivity index (χ0v) is 12.3. The van der Waals surface area contributed by atoms with Gasteiger partial charge < -0.3 is 5.32 Å². The van der Waals surface area contributed by atoms with Crippen molar-refractivity contribution in [1.82, 2.24) is 5.32 Å². The van der Waals surface area contributed by atoms with Crippen LogP contribution in [0.2, 0.25) is 0 Å². The Hall–Kier alpha value is -2.13. The molecule has 4 heteroatoms.